The zero-order chi connectivity index (χ0) is 25.7. The molecule has 0 aliphatic carbocycles. The number of carbonyl (C=O) groups is 1. The van der Waals surface area contributed by atoms with Gasteiger partial charge < -0.3 is 20.6 Å². The van der Waals surface area contributed by atoms with Crippen LogP contribution >= 0.6 is 0 Å². The number of carboxylic acid groups (broad SMARTS) is 1. The molecule has 186 valence electrons. The summed E-state index contributed by atoms with van der Waals surface area (Å²) >= 11 is 0. The number of anilines is 3. The van der Waals surface area contributed by atoms with Gasteiger partial charge in [0.1, 0.15) is 5.75 Å². The number of nitrogens with one attached hydrogen (secondary N) is 2. The number of aromatic nitrogens is 2. The summed E-state index contributed by atoms with van der Waals surface area (Å²) in [6.45, 7) is -0.120. The maximum absolute atomic E-state index is 13.2. The molecule has 0 amide bonds. The number of hydrogen-bond acceptors (Lipinski definition) is 8. The monoisotopic (exact) mass is 508 g/mol. The van der Waals surface area contributed by atoms with E-state index in [2.05, 4.69) is 20.0 Å². The highest BCUT2D eigenvalue weighted by Gasteiger charge is 2.20. The highest BCUT2D eigenvalue weighted by molar-refractivity contribution is 7.92. The summed E-state index contributed by atoms with van der Waals surface area (Å²) in [6, 6.07) is 17.5. The molecule has 0 saturated heterocycles. The minimum absolute atomic E-state index is 0.0157. The molecule has 4 rings (SSSR count). The normalized spacial score (nSPS) is 11.4. The zero-order valence-corrected chi connectivity index (χ0v) is 19.9. The van der Waals surface area contributed by atoms with Crippen molar-refractivity contribution in [2.75, 3.05) is 16.6 Å². The maximum Gasteiger partial charge on any atom is 0.303 e. The molecule has 1 heterocycles. The van der Waals surface area contributed by atoms with Gasteiger partial charge in [-0.15, -0.1) is 0 Å². The highest BCUT2D eigenvalue weighted by atomic mass is 32.2. The Labute approximate surface area is 207 Å². The molecule has 36 heavy (non-hydrogen) atoms. The Morgan fingerprint density at radius 2 is 1.56 bits per heavy atom. The lowest BCUT2D eigenvalue weighted by molar-refractivity contribution is -0.136. The number of aliphatic carboxylic acids is 1. The number of nitrogens with zero attached hydrogens (tertiary/aromatic N) is 2. The number of hydrogen-bond donors (Lipinski definition) is 5. The van der Waals surface area contributed by atoms with Gasteiger partial charge in [-0.1, -0.05) is 30.3 Å². The second-order valence-corrected chi connectivity index (χ2v) is 9.68. The van der Waals surface area contributed by atoms with Crippen molar-refractivity contribution in [2.24, 2.45) is 0 Å². The molecule has 11 heteroatoms. The summed E-state index contributed by atoms with van der Waals surface area (Å²) in [5, 5.41) is 31.2. The Kier molecular flexibility index (Phi) is 7.32. The van der Waals surface area contributed by atoms with Gasteiger partial charge in [-0.3, -0.25) is 9.52 Å². The average Bonchev–Trinajstić information content (AvgIpc) is 2.85. The van der Waals surface area contributed by atoms with Crippen molar-refractivity contribution in [1.29, 1.82) is 0 Å². The molecule has 0 aliphatic rings. The molecule has 0 saturated carbocycles. The van der Waals surface area contributed by atoms with Crippen LogP contribution in [0.3, 0.4) is 0 Å². The molecule has 4 aromatic rings. The first kappa shape index (κ1) is 24.9. The van der Waals surface area contributed by atoms with E-state index in [0.29, 0.717) is 34.3 Å². The van der Waals surface area contributed by atoms with Crippen molar-refractivity contribution in [3.8, 4) is 5.75 Å². The molecule has 0 fully saturated rings. The number of para-hydroxylation sites is 2. The Balaban J connectivity index is 1.70. The number of carboxylic acids is 1. The lowest BCUT2D eigenvalue weighted by Crippen LogP contribution is -2.16. The smallest absolute Gasteiger partial charge is 0.303 e. The van der Waals surface area contributed by atoms with Crippen molar-refractivity contribution in [1.82, 2.24) is 9.97 Å². The third-order valence-corrected chi connectivity index (χ3v) is 6.75. The van der Waals surface area contributed by atoms with Crippen LogP contribution in [0.25, 0.3) is 11.0 Å². The van der Waals surface area contributed by atoms with Gasteiger partial charge in [-0.25, -0.2) is 18.4 Å². The molecular formula is C25H24N4O6S. The van der Waals surface area contributed by atoms with Gasteiger partial charge >= 0.3 is 5.97 Å². The van der Waals surface area contributed by atoms with Gasteiger partial charge in [-0.2, -0.15) is 0 Å². The van der Waals surface area contributed by atoms with Crippen LogP contribution in [0.2, 0.25) is 0 Å². The van der Waals surface area contributed by atoms with E-state index >= 15 is 0 Å². The summed E-state index contributed by atoms with van der Waals surface area (Å²) in [5.74, 6) is -0.891. The van der Waals surface area contributed by atoms with Crippen molar-refractivity contribution >= 4 is 44.3 Å². The summed E-state index contributed by atoms with van der Waals surface area (Å²) < 4.78 is 28.8. The van der Waals surface area contributed by atoms with Gasteiger partial charge in [0.2, 0.25) is 0 Å². The SMILES string of the molecule is O=C(O)CCc1ccc(S(=O)(=O)Nc2nc3ccccc3nc2Nc2cc(O)ccc2CCO)cc1. The number of benzene rings is 3. The second-order valence-electron chi connectivity index (χ2n) is 7.99. The Morgan fingerprint density at radius 1 is 0.889 bits per heavy atom. The van der Waals surface area contributed by atoms with E-state index in [1.807, 2.05) is 0 Å². The average molecular weight is 509 g/mol. The maximum atomic E-state index is 13.2. The second kappa shape index (κ2) is 10.6. The quantitative estimate of drug-likeness (QED) is 0.216. The molecule has 0 aliphatic heterocycles. The van der Waals surface area contributed by atoms with E-state index in [9.17, 15) is 23.4 Å². The number of aryl methyl sites for hydroxylation is 1. The Bertz CT molecular complexity index is 1510. The number of aromatic hydroxyl groups is 1. The molecule has 10 nitrogen and oxygen atoms in total. The molecule has 0 bridgehead atoms. The van der Waals surface area contributed by atoms with Crippen LogP contribution in [0.4, 0.5) is 17.3 Å². The van der Waals surface area contributed by atoms with Crippen molar-refractivity contribution in [2.45, 2.75) is 24.2 Å². The lowest BCUT2D eigenvalue weighted by Gasteiger charge is -2.16. The van der Waals surface area contributed by atoms with Gasteiger partial charge in [-0.05, 0) is 54.3 Å². The van der Waals surface area contributed by atoms with E-state index in [-0.39, 0.29) is 41.7 Å². The first-order valence-electron chi connectivity index (χ1n) is 11.1. The molecule has 0 radical (unpaired) electrons. The van der Waals surface area contributed by atoms with Gasteiger partial charge in [0.05, 0.1) is 15.9 Å². The number of phenolic OH excluding ortho intramolecular Hbond substituents is 1. The van der Waals surface area contributed by atoms with Crippen molar-refractivity contribution in [3.63, 3.8) is 0 Å². The van der Waals surface area contributed by atoms with Crippen molar-refractivity contribution < 1.29 is 28.5 Å². The van der Waals surface area contributed by atoms with E-state index in [1.165, 1.54) is 24.3 Å². The molecule has 5 N–H and O–H groups in total. The fourth-order valence-corrected chi connectivity index (χ4v) is 4.59. The highest BCUT2D eigenvalue weighted by Crippen LogP contribution is 2.30. The third kappa shape index (κ3) is 5.88. The van der Waals surface area contributed by atoms with Crippen LogP contribution in [0, 0.1) is 0 Å². The molecule has 0 unspecified atom stereocenters. The fourth-order valence-electron chi connectivity index (χ4n) is 3.58. The van der Waals surface area contributed by atoms with E-state index < -0.39 is 16.0 Å². The number of phenols is 1. The van der Waals surface area contributed by atoms with Crippen LogP contribution in [0.1, 0.15) is 17.5 Å². The van der Waals surface area contributed by atoms with Crippen LogP contribution in [0.5, 0.6) is 5.75 Å². The van der Waals surface area contributed by atoms with Crippen LogP contribution < -0.4 is 10.0 Å². The number of rotatable bonds is 10. The van der Waals surface area contributed by atoms with E-state index in [4.69, 9.17) is 5.11 Å². The summed E-state index contributed by atoms with van der Waals surface area (Å²) in [5.41, 5.74) is 2.82. The number of fused-ring (bicyclic) bond motifs is 1. The van der Waals surface area contributed by atoms with Crippen LogP contribution in [-0.2, 0) is 27.7 Å². The van der Waals surface area contributed by atoms with Gasteiger partial charge in [0.25, 0.3) is 10.0 Å². The lowest BCUT2D eigenvalue weighted by atomic mass is 10.1. The van der Waals surface area contributed by atoms with Gasteiger partial charge in [0.15, 0.2) is 11.6 Å². The van der Waals surface area contributed by atoms with Crippen LogP contribution in [-0.4, -0.2) is 46.3 Å². The summed E-state index contributed by atoms with van der Waals surface area (Å²) in [4.78, 5) is 19.7. The molecular weight excluding hydrogens is 484 g/mol. The molecule has 0 spiro atoms. The predicted molar refractivity (Wildman–Crippen MR) is 135 cm³/mol. The first-order valence-corrected chi connectivity index (χ1v) is 12.5. The number of aliphatic hydroxyl groups is 1. The Morgan fingerprint density at radius 3 is 2.19 bits per heavy atom. The fraction of sp³-hybridized carbons (Fsp3) is 0.160. The van der Waals surface area contributed by atoms with E-state index in [0.717, 1.165) is 0 Å². The summed E-state index contributed by atoms with van der Waals surface area (Å²) in [6.07, 6.45) is 0.533. The molecule has 3 aromatic carbocycles. The zero-order valence-electron chi connectivity index (χ0n) is 19.0. The first-order chi connectivity index (χ1) is 17.2. The van der Waals surface area contributed by atoms with Gasteiger partial charge in [0, 0.05) is 24.8 Å². The summed E-state index contributed by atoms with van der Waals surface area (Å²) in [7, 11) is -4.07. The Hall–Kier alpha value is -4.22. The largest absolute Gasteiger partial charge is 0.508 e. The topological polar surface area (TPSA) is 162 Å². The number of aliphatic hydroxyl groups excluding tert-OH is 1. The van der Waals surface area contributed by atoms with Crippen LogP contribution in [0.15, 0.2) is 71.6 Å². The standard InChI is InChI=1S/C25H24N4O6S/c30-14-13-17-8-9-18(31)15-22(17)28-24-25(27-21-4-2-1-3-20(21)26-24)29-36(34,35)19-10-5-16(6-11-19)7-12-23(32)33/h1-6,8-11,15,30-31H,7,12-14H2,(H,26,28)(H,27,29)(H,32,33). The number of sulfonamides is 1. The van der Waals surface area contributed by atoms with E-state index in [1.54, 1.807) is 42.5 Å². The minimum atomic E-state index is -4.07. The van der Waals surface area contributed by atoms with Crippen molar-refractivity contribution in [3.05, 3.63) is 77.9 Å². The predicted octanol–water partition coefficient (Wildman–Crippen LogP) is 3.43. The minimum Gasteiger partial charge on any atom is -0.508 e. The molecule has 1 aromatic heterocycles. The molecule has 0 atom stereocenters. The third-order valence-electron chi connectivity index (χ3n) is 5.39.